The molecule has 1 aromatic rings. The first-order chi connectivity index (χ1) is 7.27. The molecule has 16 heavy (non-hydrogen) atoms. The van der Waals surface area contributed by atoms with Gasteiger partial charge in [-0.1, -0.05) is 19.1 Å². The maximum Gasteiger partial charge on any atom is 0.332 e. The maximum atomic E-state index is 11.3. The molecule has 3 N–H and O–H groups in total. The Morgan fingerprint density at radius 1 is 1.25 bits per heavy atom. The topological polar surface area (TPSA) is 77.8 Å². The van der Waals surface area contributed by atoms with Crippen LogP contribution in [0.5, 0.6) is 5.75 Å². The summed E-state index contributed by atoms with van der Waals surface area (Å²) in [6, 6.07) is 3.27. The average molecular weight is 244 g/mol. The van der Waals surface area contributed by atoms with Crippen LogP contribution >= 0.6 is 7.60 Å². The lowest BCUT2D eigenvalue weighted by Gasteiger charge is -2.18. The molecule has 0 radical (unpaired) electrons. The molecular weight excluding hydrogens is 227 g/mol. The van der Waals surface area contributed by atoms with Crippen molar-refractivity contribution in [3.8, 4) is 5.75 Å². The van der Waals surface area contributed by atoms with Gasteiger partial charge in [-0.25, -0.2) is 0 Å². The van der Waals surface area contributed by atoms with Gasteiger partial charge in [-0.15, -0.1) is 0 Å². The number of rotatable bonds is 3. The fourth-order valence-corrected chi connectivity index (χ4v) is 2.86. The highest BCUT2D eigenvalue weighted by atomic mass is 31.2. The van der Waals surface area contributed by atoms with Crippen molar-refractivity contribution in [1.29, 1.82) is 0 Å². The van der Waals surface area contributed by atoms with Crippen molar-refractivity contribution in [3.63, 3.8) is 0 Å². The van der Waals surface area contributed by atoms with Gasteiger partial charge in [-0.2, -0.15) is 0 Å². The molecule has 0 heterocycles. The van der Waals surface area contributed by atoms with E-state index in [0.29, 0.717) is 23.1 Å². The molecule has 1 rings (SSSR count). The predicted octanol–water partition coefficient (Wildman–Crippen LogP) is 2.64. The summed E-state index contributed by atoms with van der Waals surface area (Å²) in [6.45, 7) is 5.18. The molecule has 0 saturated heterocycles. The molecule has 0 aliphatic heterocycles. The van der Waals surface area contributed by atoms with Crippen molar-refractivity contribution in [2.24, 2.45) is 0 Å². The van der Waals surface area contributed by atoms with Crippen LogP contribution in [0, 0.1) is 13.8 Å². The van der Waals surface area contributed by atoms with Crippen LogP contribution in [-0.2, 0) is 4.57 Å². The quantitative estimate of drug-likeness (QED) is 0.714. The fourth-order valence-electron chi connectivity index (χ4n) is 1.85. The first kappa shape index (κ1) is 13.2. The molecule has 0 aliphatic rings. The van der Waals surface area contributed by atoms with Crippen molar-refractivity contribution in [1.82, 2.24) is 0 Å². The Morgan fingerprint density at radius 2 is 1.69 bits per heavy atom. The number of phenolic OH excluding ortho intramolecular Hbond substituents is 1. The SMILES string of the molecule is CCC(c1cc(C)c(O)c(C)c1)P(=O)(O)O. The van der Waals surface area contributed by atoms with Crippen LogP contribution in [0.25, 0.3) is 0 Å². The van der Waals surface area contributed by atoms with Gasteiger partial charge in [0.25, 0.3) is 0 Å². The lowest BCUT2D eigenvalue weighted by Crippen LogP contribution is -2.00. The standard InChI is InChI=1S/C11H17O4P/c1-4-10(16(13,14)15)9-5-7(2)11(12)8(3)6-9/h5-6,10,12H,4H2,1-3H3,(H2,13,14,15). The number of benzene rings is 1. The van der Waals surface area contributed by atoms with Gasteiger partial charge in [0, 0.05) is 0 Å². The van der Waals surface area contributed by atoms with Gasteiger partial charge >= 0.3 is 7.60 Å². The molecular formula is C11H17O4P. The zero-order chi connectivity index (χ0) is 12.5. The van der Waals surface area contributed by atoms with Crippen LogP contribution in [0.15, 0.2) is 12.1 Å². The third-order valence-electron chi connectivity index (χ3n) is 2.69. The van der Waals surface area contributed by atoms with Crippen LogP contribution in [0.1, 0.15) is 35.7 Å². The summed E-state index contributed by atoms with van der Waals surface area (Å²) in [5.41, 5.74) is 1.08. The van der Waals surface area contributed by atoms with E-state index >= 15 is 0 Å². The smallest absolute Gasteiger partial charge is 0.332 e. The van der Waals surface area contributed by atoms with E-state index in [1.165, 1.54) is 0 Å². The summed E-state index contributed by atoms with van der Waals surface area (Å²) in [6.07, 6.45) is 0.369. The van der Waals surface area contributed by atoms with Crippen molar-refractivity contribution < 1.29 is 19.5 Å². The third-order valence-corrected chi connectivity index (χ3v) is 4.17. The van der Waals surface area contributed by atoms with Crippen LogP contribution in [0.4, 0.5) is 0 Å². The molecule has 90 valence electrons. The Hall–Kier alpha value is -0.830. The first-order valence-electron chi connectivity index (χ1n) is 5.12. The molecule has 0 amide bonds. The Balaban J connectivity index is 3.28. The molecule has 0 aromatic heterocycles. The molecule has 4 nitrogen and oxygen atoms in total. The largest absolute Gasteiger partial charge is 0.507 e. The molecule has 0 bridgehead atoms. The summed E-state index contributed by atoms with van der Waals surface area (Å²) in [5.74, 6) is 0.185. The summed E-state index contributed by atoms with van der Waals surface area (Å²) in [5, 5.41) is 9.59. The Labute approximate surface area is 95.1 Å². The van der Waals surface area contributed by atoms with E-state index in [4.69, 9.17) is 0 Å². The van der Waals surface area contributed by atoms with Gasteiger partial charge in [-0.3, -0.25) is 4.57 Å². The number of aromatic hydroxyl groups is 1. The van der Waals surface area contributed by atoms with Crippen LogP contribution in [0.2, 0.25) is 0 Å². The number of hydrogen-bond acceptors (Lipinski definition) is 2. The Kier molecular flexibility index (Phi) is 3.79. The highest BCUT2D eigenvalue weighted by molar-refractivity contribution is 7.52. The minimum Gasteiger partial charge on any atom is -0.507 e. The highest BCUT2D eigenvalue weighted by Crippen LogP contribution is 2.54. The average Bonchev–Trinajstić information content (AvgIpc) is 2.12. The van der Waals surface area contributed by atoms with Crippen molar-refractivity contribution in [3.05, 3.63) is 28.8 Å². The summed E-state index contributed by atoms with van der Waals surface area (Å²) >= 11 is 0. The minimum atomic E-state index is -4.13. The van der Waals surface area contributed by atoms with Crippen LogP contribution in [0.3, 0.4) is 0 Å². The van der Waals surface area contributed by atoms with Crippen LogP contribution < -0.4 is 0 Å². The minimum absolute atomic E-state index is 0.185. The van der Waals surface area contributed by atoms with Gasteiger partial charge < -0.3 is 14.9 Å². The normalized spacial score (nSPS) is 13.8. The molecule has 0 spiro atoms. The summed E-state index contributed by atoms with van der Waals surface area (Å²) < 4.78 is 11.3. The molecule has 0 saturated carbocycles. The second-order valence-electron chi connectivity index (χ2n) is 4.02. The lowest BCUT2D eigenvalue weighted by atomic mass is 10.0. The van der Waals surface area contributed by atoms with Crippen molar-refractivity contribution in [2.45, 2.75) is 32.9 Å². The molecule has 1 aromatic carbocycles. The van der Waals surface area contributed by atoms with Gasteiger partial charge in [0.15, 0.2) is 0 Å². The second-order valence-corrected chi connectivity index (χ2v) is 5.82. The second kappa shape index (κ2) is 4.58. The fraction of sp³-hybridized carbons (Fsp3) is 0.455. The highest BCUT2D eigenvalue weighted by Gasteiger charge is 2.29. The third kappa shape index (κ3) is 2.64. The Morgan fingerprint density at radius 3 is 2.00 bits per heavy atom. The predicted molar refractivity (Wildman–Crippen MR) is 62.7 cm³/mol. The van der Waals surface area contributed by atoms with Crippen LogP contribution in [-0.4, -0.2) is 14.9 Å². The summed E-state index contributed by atoms with van der Waals surface area (Å²) in [7, 11) is -4.13. The zero-order valence-electron chi connectivity index (χ0n) is 9.64. The van der Waals surface area contributed by atoms with E-state index in [1.807, 2.05) is 0 Å². The monoisotopic (exact) mass is 244 g/mol. The van der Waals surface area contributed by atoms with E-state index < -0.39 is 13.3 Å². The van der Waals surface area contributed by atoms with Crippen molar-refractivity contribution >= 4 is 7.60 Å². The van der Waals surface area contributed by atoms with Gasteiger partial charge in [0.2, 0.25) is 0 Å². The molecule has 1 atom stereocenters. The number of hydrogen-bond donors (Lipinski definition) is 3. The van der Waals surface area contributed by atoms with E-state index in [2.05, 4.69) is 0 Å². The maximum absolute atomic E-state index is 11.3. The Bertz CT molecular complexity index is 413. The molecule has 5 heteroatoms. The molecule has 0 fully saturated rings. The summed E-state index contributed by atoms with van der Waals surface area (Å²) in [4.78, 5) is 18.5. The molecule has 1 unspecified atom stereocenters. The molecule has 0 aliphatic carbocycles. The van der Waals surface area contributed by atoms with Gasteiger partial charge in [0.05, 0.1) is 5.66 Å². The zero-order valence-corrected chi connectivity index (χ0v) is 10.5. The first-order valence-corrected chi connectivity index (χ1v) is 6.80. The lowest BCUT2D eigenvalue weighted by molar-refractivity contribution is 0.357. The number of phenols is 1. The van der Waals surface area contributed by atoms with E-state index in [9.17, 15) is 19.5 Å². The van der Waals surface area contributed by atoms with Gasteiger partial charge in [-0.05, 0) is 37.0 Å². The van der Waals surface area contributed by atoms with E-state index in [0.717, 1.165) is 0 Å². The van der Waals surface area contributed by atoms with Crippen molar-refractivity contribution in [2.75, 3.05) is 0 Å². The number of aryl methyl sites for hydroxylation is 2. The van der Waals surface area contributed by atoms with E-state index in [-0.39, 0.29) is 5.75 Å². The van der Waals surface area contributed by atoms with Gasteiger partial charge in [0.1, 0.15) is 5.75 Å². The van der Waals surface area contributed by atoms with E-state index in [1.54, 1.807) is 32.9 Å².